The highest BCUT2D eigenvalue weighted by molar-refractivity contribution is 5.40. The minimum Gasteiger partial charge on any atom is -0.350 e. The van der Waals surface area contributed by atoms with Crippen LogP contribution in [-0.2, 0) is 6.54 Å². The summed E-state index contributed by atoms with van der Waals surface area (Å²) in [7, 11) is 1.93. The lowest BCUT2D eigenvalue weighted by Gasteiger charge is -2.42. The van der Waals surface area contributed by atoms with E-state index < -0.39 is 0 Å². The third-order valence-electron chi connectivity index (χ3n) is 4.30. The number of aromatic nitrogens is 2. The summed E-state index contributed by atoms with van der Waals surface area (Å²) in [6, 6.07) is 5.43. The Morgan fingerprint density at radius 3 is 2.95 bits per heavy atom. The molecule has 19 heavy (non-hydrogen) atoms. The normalized spacial score (nSPS) is 27.6. The van der Waals surface area contributed by atoms with Crippen LogP contribution in [-0.4, -0.2) is 53.9 Å². The quantitative estimate of drug-likeness (QED) is 0.874. The Balaban J connectivity index is 1.73. The molecule has 0 bridgehead atoms. The van der Waals surface area contributed by atoms with Gasteiger partial charge >= 0.3 is 0 Å². The van der Waals surface area contributed by atoms with Gasteiger partial charge in [-0.15, -0.1) is 5.10 Å². The molecule has 0 spiro atoms. The fourth-order valence-electron chi connectivity index (χ4n) is 3.29. The van der Waals surface area contributed by atoms with E-state index in [1.54, 1.807) is 0 Å². The van der Waals surface area contributed by atoms with Crippen molar-refractivity contribution in [3.8, 4) is 0 Å². The molecule has 2 aliphatic heterocycles. The fourth-order valence-corrected chi connectivity index (χ4v) is 3.29. The summed E-state index contributed by atoms with van der Waals surface area (Å²) in [5.41, 5.74) is 0.999. The lowest BCUT2D eigenvalue weighted by molar-refractivity contribution is 0.202. The highest BCUT2D eigenvalue weighted by Gasteiger charge is 2.34. The molecule has 3 rings (SSSR count). The second kappa shape index (κ2) is 5.43. The van der Waals surface area contributed by atoms with E-state index in [-0.39, 0.29) is 0 Å². The molecule has 104 valence electrons. The Hall–Kier alpha value is -1.20. The second-order valence-electron chi connectivity index (χ2n) is 5.71. The van der Waals surface area contributed by atoms with Crippen molar-refractivity contribution in [2.24, 2.45) is 0 Å². The van der Waals surface area contributed by atoms with E-state index in [0.29, 0.717) is 6.04 Å². The van der Waals surface area contributed by atoms with Crippen molar-refractivity contribution in [1.82, 2.24) is 20.4 Å². The van der Waals surface area contributed by atoms with Gasteiger partial charge in [-0.1, -0.05) is 0 Å². The van der Waals surface area contributed by atoms with Gasteiger partial charge in [-0.05, 0) is 45.5 Å². The number of nitrogens with zero attached hydrogens (tertiary/aromatic N) is 4. The fraction of sp³-hybridized carbons (Fsp3) is 0.714. The molecule has 2 aliphatic rings. The highest BCUT2D eigenvalue weighted by atomic mass is 15.4. The number of anilines is 1. The van der Waals surface area contributed by atoms with Crippen molar-refractivity contribution in [3.05, 3.63) is 17.8 Å². The van der Waals surface area contributed by atoms with E-state index >= 15 is 0 Å². The first-order chi connectivity index (χ1) is 9.28. The van der Waals surface area contributed by atoms with Crippen molar-refractivity contribution < 1.29 is 0 Å². The average molecular weight is 261 g/mol. The first-order valence-electron chi connectivity index (χ1n) is 7.26. The Morgan fingerprint density at radius 2 is 2.21 bits per heavy atom. The molecule has 1 aromatic rings. The third kappa shape index (κ3) is 2.58. The van der Waals surface area contributed by atoms with Crippen LogP contribution in [0, 0.1) is 0 Å². The smallest absolute Gasteiger partial charge is 0.151 e. The van der Waals surface area contributed by atoms with Gasteiger partial charge in [0.25, 0.3) is 0 Å². The molecule has 2 atom stereocenters. The van der Waals surface area contributed by atoms with Crippen molar-refractivity contribution in [3.63, 3.8) is 0 Å². The second-order valence-corrected chi connectivity index (χ2v) is 5.71. The van der Waals surface area contributed by atoms with Gasteiger partial charge in [-0.3, -0.25) is 4.90 Å². The zero-order valence-corrected chi connectivity index (χ0v) is 11.8. The lowest BCUT2D eigenvalue weighted by atomic mass is 10.1. The van der Waals surface area contributed by atoms with Gasteiger partial charge in [0, 0.05) is 31.7 Å². The van der Waals surface area contributed by atoms with Crippen molar-refractivity contribution in [2.75, 3.05) is 31.6 Å². The molecule has 2 fully saturated rings. The van der Waals surface area contributed by atoms with E-state index in [0.717, 1.165) is 37.2 Å². The molecule has 0 amide bonds. The summed E-state index contributed by atoms with van der Waals surface area (Å²) in [6.07, 6.45) is 2.67. The molecule has 0 saturated carbocycles. The Kier molecular flexibility index (Phi) is 3.66. The highest BCUT2D eigenvalue weighted by Crippen LogP contribution is 2.27. The van der Waals surface area contributed by atoms with Gasteiger partial charge in [-0.2, -0.15) is 5.10 Å². The van der Waals surface area contributed by atoms with Crippen LogP contribution in [0.4, 0.5) is 5.82 Å². The predicted octanol–water partition coefficient (Wildman–Crippen LogP) is 0.869. The molecule has 1 N–H and O–H groups in total. The maximum Gasteiger partial charge on any atom is 0.151 e. The van der Waals surface area contributed by atoms with Crippen LogP contribution in [0.1, 0.15) is 25.5 Å². The molecule has 2 saturated heterocycles. The number of rotatable bonds is 3. The summed E-state index contributed by atoms with van der Waals surface area (Å²) in [5, 5.41) is 11.8. The zero-order chi connectivity index (χ0) is 13.2. The average Bonchev–Trinajstić information content (AvgIpc) is 2.86. The zero-order valence-electron chi connectivity index (χ0n) is 11.8. The molecular formula is C14H23N5. The first-order valence-corrected chi connectivity index (χ1v) is 7.26. The minimum atomic E-state index is 0.527. The summed E-state index contributed by atoms with van der Waals surface area (Å²) in [4.78, 5) is 5.05. The van der Waals surface area contributed by atoms with Crippen LogP contribution < -0.4 is 10.2 Å². The summed E-state index contributed by atoms with van der Waals surface area (Å²) >= 11 is 0. The Labute approximate surface area is 115 Å². The third-order valence-corrected chi connectivity index (χ3v) is 4.30. The van der Waals surface area contributed by atoms with Gasteiger partial charge in [0.1, 0.15) is 0 Å². The van der Waals surface area contributed by atoms with Gasteiger partial charge in [0.15, 0.2) is 5.82 Å². The number of fused-ring (bicyclic) bond motifs is 1. The van der Waals surface area contributed by atoms with Crippen LogP contribution in [0.5, 0.6) is 0 Å². The molecule has 1 aromatic heterocycles. The first kappa shape index (κ1) is 12.8. The van der Waals surface area contributed by atoms with E-state index in [4.69, 9.17) is 0 Å². The van der Waals surface area contributed by atoms with Crippen LogP contribution in [0.25, 0.3) is 0 Å². The van der Waals surface area contributed by atoms with Crippen LogP contribution in [0.2, 0.25) is 0 Å². The summed E-state index contributed by atoms with van der Waals surface area (Å²) in [5.74, 6) is 1.03. The van der Waals surface area contributed by atoms with Gasteiger partial charge in [0.05, 0.1) is 5.69 Å². The molecule has 5 nitrogen and oxygen atoms in total. The Morgan fingerprint density at radius 1 is 1.32 bits per heavy atom. The molecule has 5 heteroatoms. The molecule has 0 radical (unpaired) electrons. The van der Waals surface area contributed by atoms with Crippen molar-refractivity contribution in [2.45, 2.75) is 38.4 Å². The molecular weight excluding hydrogens is 238 g/mol. The van der Waals surface area contributed by atoms with E-state index in [1.807, 2.05) is 7.05 Å². The lowest BCUT2D eigenvalue weighted by Crippen LogP contribution is -2.55. The maximum absolute atomic E-state index is 4.40. The summed E-state index contributed by atoms with van der Waals surface area (Å²) < 4.78 is 0. The molecule has 3 heterocycles. The topological polar surface area (TPSA) is 44.3 Å². The molecule has 2 unspecified atom stereocenters. The van der Waals surface area contributed by atoms with Crippen molar-refractivity contribution >= 4 is 5.82 Å². The van der Waals surface area contributed by atoms with Crippen LogP contribution in [0.15, 0.2) is 12.1 Å². The maximum atomic E-state index is 4.40. The monoisotopic (exact) mass is 261 g/mol. The summed E-state index contributed by atoms with van der Waals surface area (Å²) in [6.45, 7) is 6.60. The number of nitrogens with one attached hydrogen (secondary N) is 1. The van der Waals surface area contributed by atoms with E-state index in [2.05, 4.69) is 44.4 Å². The SMILES string of the molecule is CNCc1ccc(N2CC3CCCN3CC2C)nn1. The van der Waals surface area contributed by atoms with Gasteiger partial charge < -0.3 is 10.2 Å². The number of piperazine rings is 1. The van der Waals surface area contributed by atoms with Crippen molar-refractivity contribution in [1.29, 1.82) is 0 Å². The van der Waals surface area contributed by atoms with E-state index in [1.165, 1.54) is 19.4 Å². The standard InChI is InChI=1S/C14H23N5/c1-11-9-18-7-3-4-13(18)10-19(11)14-6-5-12(8-15-2)16-17-14/h5-6,11,13,15H,3-4,7-10H2,1-2H3. The van der Waals surface area contributed by atoms with E-state index in [9.17, 15) is 0 Å². The predicted molar refractivity (Wildman–Crippen MR) is 76.2 cm³/mol. The molecule has 0 aliphatic carbocycles. The number of hydrogen-bond donors (Lipinski definition) is 1. The van der Waals surface area contributed by atoms with Gasteiger partial charge in [0.2, 0.25) is 0 Å². The van der Waals surface area contributed by atoms with Gasteiger partial charge in [-0.25, -0.2) is 0 Å². The van der Waals surface area contributed by atoms with Crippen LogP contribution in [0.3, 0.4) is 0 Å². The minimum absolute atomic E-state index is 0.527. The van der Waals surface area contributed by atoms with Crippen LogP contribution >= 0.6 is 0 Å². The Bertz CT molecular complexity index is 418. The largest absolute Gasteiger partial charge is 0.350 e. The molecule has 0 aromatic carbocycles. The number of hydrogen-bond acceptors (Lipinski definition) is 5.